The van der Waals surface area contributed by atoms with Crippen molar-refractivity contribution in [2.24, 2.45) is 20.5 Å². The summed E-state index contributed by atoms with van der Waals surface area (Å²) >= 11 is 15.5. The third-order valence-corrected chi connectivity index (χ3v) is 14.9. The topological polar surface area (TPSA) is 292 Å². The lowest BCUT2D eigenvalue weighted by atomic mass is 10.2. The van der Waals surface area contributed by atoms with E-state index in [1.807, 2.05) is 27.7 Å². The van der Waals surface area contributed by atoms with Gasteiger partial charge in [-0.25, -0.2) is 9.97 Å². The molecular formula is C41H43Cl2N13O9S5. The van der Waals surface area contributed by atoms with Crippen molar-refractivity contribution in [2.45, 2.75) is 42.6 Å². The van der Waals surface area contributed by atoms with Gasteiger partial charge < -0.3 is 35.0 Å². The number of nitrogens with zero attached hydrogens (tertiary/aromatic N) is 11. The maximum Gasteiger partial charge on any atom is 0.296 e. The molecule has 0 aliphatic heterocycles. The SMILES string of the molecule is CCN(CC)c1cc(Nc2nc(Nc3cc(N(CC)CC)c(OC)cc3/N=N/c3nc4c(S(=O)(=O)O)cc(Cl)cc4s3)nc(SCCO)n2)c(/N=N/c2nc3c(S(=O)(=O)O)cc(Cl)cc3s2)cc1OC. The minimum Gasteiger partial charge on any atom is -0.494 e. The van der Waals surface area contributed by atoms with E-state index in [9.17, 15) is 31.0 Å². The first kappa shape index (κ1) is 52.2. The van der Waals surface area contributed by atoms with Gasteiger partial charge in [-0.05, 0) is 64.1 Å². The Balaban J connectivity index is 1.33. The van der Waals surface area contributed by atoms with E-state index < -0.39 is 30.0 Å². The Morgan fingerprint density at radius 2 is 1.04 bits per heavy atom. The van der Waals surface area contributed by atoms with Crippen LogP contribution in [-0.4, -0.2) is 109 Å². The first-order valence-corrected chi connectivity index (χ1v) is 27.1. The van der Waals surface area contributed by atoms with Crippen LogP contribution in [-0.2, 0) is 20.2 Å². The highest BCUT2D eigenvalue weighted by atomic mass is 35.5. The van der Waals surface area contributed by atoms with Crippen molar-refractivity contribution in [3.05, 3.63) is 58.6 Å². The molecule has 5 N–H and O–H groups in total. The summed E-state index contributed by atoms with van der Waals surface area (Å²) in [6.45, 7) is 10.3. The van der Waals surface area contributed by atoms with Crippen LogP contribution in [0, 0.1) is 0 Å². The van der Waals surface area contributed by atoms with E-state index in [1.165, 1.54) is 26.4 Å². The van der Waals surface area contributed by atoms with Gasteiger partial charge in [-0.3, -0.25) is 9.11 Å². The van der Waals surface area contributed by atoms with Crippen LogP contribution in [0.25, 0.3) is 20.4 Å². The third kappa shape index (κ3) is 11.9. The Labute approximate surface area is 423 Å². The van der Waals surface area contributed by atoms with Gasteiger partial charge in [0.2, 0.25) is 22.2 Å². The van der Waals surface area contributed by atoms with Gasteiger partial charge in [0.05, 0.1) is 53.0 Å². The lowest BCUT2D eigenvalue weighted by Gasteiger charge is -2.25. The number of thioether (sulfide) groups is 1. The summed E-state index contributed by atoms with van der Waals surface area (Å²) in [6, 6.07) is 12.1. The van der Waals surface area contributed by atoms with Crippen LogP contribution in [0.1, 0.15) is 27.7 Å². The molecule has 0 bridgehead atoms. The Kier molecular flexibility index (Phi) is 16.6. The fourth-order valence-electron chi connectivity index (χ4n) is 6.92. The number of anilines is 6. The smallest absolute Gasteiger partial charge is 0.296 e. The van der Waals surface area contributed by atoms with Crippen LogP contribution in [0.4, 0.5) is 56.3 Å². The van der Waals surface area contributed by atoms with Crippen molar-refractivity contribution in [3.63, 3.8) is 0 Å². The van der Waals surface area contributed by atoms with Crippen LogP contribution < -0.4 is 29.9 Å². The predicted molar refractivity (Wildman–Crippen MR) is 275 cm³/mol. The maximum absolute atomic E-state index is 12.2. The molecule has 370 valence electrons. The van der Waals surface area contributed by atoms with E-state index in [2.05, 4.69) is 60.8 Å². The van der Waals surface area contributed by atoms with Crippen LogP contribution in [0.3, 0.4) is 0 Å². The summed E-state index contributed by atoms with van der Waals surface area (Å²) in [5.74, 6) is 1.25. The van der Waals surface area contributed by atoms with Gasteiger partial charge in [-0.2, -0.15) is 31.8 Å². The standard InChI is InChI=1S/C41H43Cl2N13O9S5/c1-7-55(8-2)27-17-23(25(19-29(27)64-5)51-53-40-46-35-31(67-40)13-21(42)15-33(35)69(58,59)60)44-37-48-38(50-39(49-37)66-12-11-57)45-24-18-28(56(9-3)10-4)30(65-6)20-26(24)52-54-41-47-36-32(68-41)14-22(43)16-34(36)70(61,62)63/h13-20,57H,7-12H2,1-6H3,(H,58,59,60)(H,61,62,63)(H2,44,45,48,49,50)/b53-51+,54-52+. The van der Waals surface area contributed by atoms with E-state index in [-0.39, 0.29) is 72.1 Å². The molecule has 0 aliphatic carbocycles. The Hall–Kier alpha value is -5.62. The Bertz CT molecular complexity index is 3160. The normalized spacial score (nSPS) is 12.2. The molecule has 7 rings (SSSR count). The molecule has 3 heterocycles. The van der Waals surface area contributed by atoms with Gasteiger partial charge in [0, 0.05) is 54.1 Å². The van der Waals surface area contributed by atoms with Gasteiger partial charge in [0.1, 0.15) is 43.7 Å². The molecular weight excluding hydrogens is 1050 g/mol. The second-order valence-corrected chi connectivity index (χ2v) is 21.1. The van der Waals surface area contributed by atoms with Crippen LogP contribution in [0.2, 0.25) is 10.0 Å². The van der Waals surface area contributed by atoms with Crippen molar-refractivity contribution in [3.8, 4) is 11.5 Å². The van der Waals surface area contributed by atoms with Crippen molar-refractivity contribution < 1.29 is 40.5 Å². The van der Waals surface area contributed by atoms with Crippen molar-refractivity contribution in [1.29, 1.82) is 0 Å². The number of thiazole rings is 2. The number of methoxy groups -OCH3 is 2. The van der Waals surface area contributed by atoms with Crippen LogP contribution in [0.15, 0.2) is 83.9 Å². The summed E-state index contributed by atoms with van der Waals surface area (Å²) < 4.78 is 80.8. The van der Waals surface area contributed by atoms with Gasteiger partial charge in [0.15, 0.2) is 5.16 Å². The summed E-state index contributed by atoms with van der Waals surface area (Å²) in [5.41, 5.74) is 2.54. The van der Waals surface area contributed by atoms with Gasteiger partial charge in [0.25, 0.3) is 20.2 Å². The number of nitrogens with one attached hydrogen (secondary N) is 2. The van der Waals surface area contributed by atoms with E-state index in [0.29, 0.717) is 69.8 Å². The first-order chi connectivity index (χ1) is 33.4. The zero-order valence-corrected chi connectivity index (χ0v) is 43.5. The average molecular weight is 1090 g/mol. The number of azo groups is 2. The van der Waals surface area contributed by atoms with Gasteiger partial charge >= 0.3 is 0 Å². The Morgan fingerprint density at radius 1 is 0.629 bits per heavy atom. The van der Waals surface area contributed by atoms with Crippen molar-refractivity contribution in [1.82, 2.24) is 24.9 Å². The number of fused-ring (bicyclic) bond motifs is 2. The number of ether oxygens (including phenoxy) is 2. The zero-order chi connectivity index (χ0) is 50.5. The minimum atomic E-state index is -4.68. The molecule has 0 atom stereocenters. The van der Waals surface area contributed by atoms with Crippen LogP contribution >= 0.6 is 57.6 Å². The van der Waals surface area contributed by atoms with Crippen molar-refractivity contribution >= 4 is 155 Å². The van der Waals surface area contributed by atoms with E-state index >= 15 is 0 Å². The molecule has 29 heteroatoms. The number of aromatic nitrogens is 5. The molecule has 3 aromatic heterocycles. The van der Waals surface area contributed by atoms with Gasteiger partial charge in [-0.15, -0.1) is 20.5 Å². The molecule has 7 aromatic rings. The quantitative estimate of drug-likeness (QED) is 0.0254. The van der Waals surface area contributed by atoms with Crippen LogP contribution in [0.5, 0.6) is 11.5 Å². The monoisotopic (exact) mass is 1090 g/mol. The second kappa shape index (κ2) is 22.2. The molecule has 0 saturated carbocycles. The minimum absolute atomic E-state index is 0.0288. The molecule has 0 saturated heterocycles. The molecule has 0 fully saturated rings. The number of hydrogen-bond acceptors (Lipinski definition) is 23. The summed E-state index contributed by atoms with van der Waals surface area (Å²) in [5, 5.41) is 34.5. The van der Waals surface area contributed by atoms with E-state index in [4.69, 9.17) is 37.7 Å². The lowest BCUT2D eigenvalue weighted by molar-refractivity contribution is 0.322. The van der Waals surface area contributed by atoms with E-state index in [1.54, 1.807) is 24.3 Å². The highest BCUT2D eigenvalue weighted by Crippen LogP contribution is 2.44. The van der Waals surface area contributed by atoms with E-state index in [0.717, 1.165) is 46.6 Å². The number of aliphatic hydroxyl groups is 1. The lowest BCUT2D eigenvalue weighted by Crippen LogP contribution is -2.22. The van der Waals surface area contributed by atoms with Crippen molar-refractivity contribution in [2.75, 3.05) is 73.2 Å². The number of aliphatic hydroxyl groups excluding tert-OH is 1. The molecule has 4 aromatic carbocycles. The maximum atomic E-state index is 12.2. The predicted octanol–water partition coefficient (Wildman–Crippen LogP) is 11.0. The van der Waals surface area contributed by atoms with Gasteiger partial charge in [-0.1, -0.05) is 57.6 Å². The molecule has 0 spiro atoms. The first-order valence-electron chi connectivity index (χ1n) is 20.9. The second-order valence-electron chi connectivity index (χ2n) is 14.4. The molecule has 0 radical (unpaired) electrons. The summed E-state index contributed by atoms with van der Waals surface area (Å²) in [6.07, 6.45) is 0. The molecule has 0 aliphatic rings. The fourth-order valence-corrected chi connectivity index (χ4v) is 11.4. The number of hydrogen-bond donors (Lipinski definition) is 5. The largest absolute Gasteiger partial charge is 0.494 e. The highest BCUT2D eigenvalue weighted by molar-refractivity contribution is 7.99. The number of halogens is 2. The highest BCUT2D eigenvalue weighted by Gasteiger charge is 2.23. The fraction of sp³-hybridized carbons (Fsp3) is 0.293. The number of benzene rings is 4. The third-order valence-electron chi connectivity index (χ3n) is 10.1. The molecule has 0 unspecified atom stereocenters. The average Bonchev–Trinajstić information content (AvgIpc) is 3.93. The molecule has 22 nitrogen and oxygen atoms in total. The molecule has 0 amide bonds. The Morgan fingerprint density at radius 3 is 1.40 bits per heavy atom. The number of rotatable bonds is 21. The summed E-state index contributed by atoms with van der Waals surface area (Å²) in [7, 11) is -6.32. The zero-order valence-electron chi connectivity index (χ0n) is 37.9. The molecule has 70 heavy (non-hydrogen) atoms. The summed E-state index contributed by atoms with van der Waals surface area (Å²) in [4.78, 5) is 25.9.